The number of rotatable bonds is 0. The summed E-state index contributed by atoms with van der Waals surface area (Å²) >= 11 is 0. The predicted octanol–water partition coefficient (Wildman–Crippen LogP) is 9.01. The third-order valence-corrected chi connectivity index (χ3v) is 34.8. The van der Waals surface area contributed by atoms with E-state index in [0.717, 1.165) is 77.7 Å². The molecule has 0 aromatic rings. The van der Waals surface area contributed by atoms with E-state index in [1.54, 1.807) is 0 Å². The predicted molar refractivity (Wildman–Crippen MR) is 378 cm³/mol. The van der Waals surface area contributed by atoms with Gasteiger partial charge in [0.2, 0.25) is 0 Å². The molecule has 3 spiro atoms. The Morgan fingerprint density at radius 2 is 0.833 bits per heavy atom. The number of hydrogen-bond acceptors (Lipinski definition) is 12. The monoisotopic (exact) mass is 1250 g/mol. The maximum absolute atomic E-state index is 5.87. The van der Waals surface area contributed by atoms with Crippen LogP contribution < -0.4 is 0 Å². The number of piperidine rings is 5. The third-order valence-electron chi connectivity index (χ3n) is 24.1. The minimum Gasteiger partial charge on any atom is -0.375 e. The van der Waals surface area contributed by atoms with Gasteiger partial charge in [0.25, 0.3) is 0 Å². The van der Waals surface area contributed by atoms with Crippen molar-refractivity contribution in [1.82, 2.24) is 49.0 Å². The molecule has 13 atom stereocenters. The number of nitrogens with zero attached hydrogens (tertiary/aromatic N) is 10. The first-order chi connectivity index (χ1) is 40.1. The molecule has 15 heterocycles. The van der Waals surface area contributed by atoms with Crippen molar-refractivity contribution >= 4 is 65.4 Å². The fraction of sp³-hybridized carbons (Fsp3) is 0.941. The van der Waals surface area contributed by atoms with Crippen LogP contribution in [0.5, 0.6) is 0 Å². The fourth-order valence-corrected chi connectivity index (χ4v) is 27.8. The van der Waals surface area contributed by atoms with Gasteiger partial charge in [-0.1, -0.05) is 30.4 Å². The molecule has 1 saturated carbocycles. The summed E-state index contributed by atoms with van der Waals surface area (Å²) in [6.07, 6.45) is 27.7. The summed E-state index contributed by atoms with van der Waals surface area (Å²) < 4.78 is 12.2. The maximum atomic E-state index is 5.87. The Kier molecular flexibility index (Phi) is 25.7. The molecule has 12 nitrogen and oxygen atoms in total. The molecule has 15 saturated heterocycles. The van der Waals surface area contributed by atoms with Gasteiger partial charge in [-0.25, -0.2) is 0 Å². The third kappa shape index (κ3) is 17.7. The quantitative estimate of drug-likeness (QED) is 0.218. The molecule has 16 rings (SSSR count). The molecular weight excluding hydrogens is 1120 g/mol. The van der Waals surface area contributed by atoms with Gasteiger partial charge in [-0.15, -0.1) is 0 Å². The molecule has 84 heavy (non-hydrogen) atoms. The molecule has 15 aliphatic heterocycles. The lowest BCUT2D eigenvalue weighted by atomic mass is 9.89. The van der Waals surface area contributed by atoms with Crippen molar-refractivity contribution in [2.75, 3.05) is 193 Å². The zero-order valence-electron chi connectivity index (χ0n) is 56.2. The molecule has 16 fully saturated rings. The Labute approximate surface area is 527 Å². The van der Waals surface area contributed by atoms with Crippen molar-refractivity contribution in [3.63, 3.8) is 0 Å². The molecule has 13 unspecified atom stereocenters. The highest BCUT2D eigenvalue weighted by Crippen LogP contribution is 2.57. The van der Waals surface area contributed by atoms with Gasteiger partial charge >= 0.3 is 0 Å². The van der Waals surface area contributed by atoms with Crippen LogP contribution in [0.15, 0.2) is 0 Å². The molecule has 1 aliphatic carbocycles. The van der Waals surface area contributed by atoms with Gasteiger partial charge in [0.15, 0.2) is 0 Å². The van der Waals surface area contributed by atoms with Crippen LogP contribution in [0, 0.1) is 17.8 Å². The van der Waals surface area contributed by atoms with Gasteiger partial charge in [-0.2, -0.15) is 41.9 Å². The molecule has 0 amide bonds. The van der Waals surface area contributed by atoms with Crippen molar-refractivity contribution in [3.05, 3.63) is 0 Å². The second-order valence-corrected chi connectivity index (χ2v) is 39.4. The Bertz CT molecular complexity index is 2000. The van der Waals surface area contributed by atoms with Crippen LogP contribution in [0.2, 0.25) is 0 Å². The van der Waals surface area contributed by atoms with E-state index < -0.39 is 0 Å². The average molecular weight is 1250 g/mol. The summed E-state index contributed by atoms with van der Waals surface area (Å²) in [5.41, 5.74) is 0.312. The number of ether oxygens (including phenoxy) is 2. The molecule has 0 radical (unpaired) electrons. The molecule has 10 bridgehead atoms. The van der Waals surface area contributed by atoms with Gasteiger partial charge in [-0.05, 0) is 241 Å². The van der Waals surface area contributed by atoms with Crippen molar-refractivity contribution < 1.29 is 9.47 Å². The van der Waals surface area contributed by atoms with E-state index in [1.807, 2.05) is 0 Å². The number of likely N-dealkylation sites (tertiary alicyclic amines) is 8. The van der Waals surface area contributed by atoms with Crippen molar-refractivity contribution in [2.24, 2.45) is 17.8 Å². The van der Waals surface area contributed by atoms with Gasteiger partial charge in [0.1, 0.15) is 4.93 Å². The highest BCUT2D eigenvalue weighted by atomic mass is 32.2. The summed E-state index contributed by atoms with van der Waals surface area (Å²) in [6.45, 7) is 22.2. The smallest absolute Gasteiger partial charge is 0.111 e. The number of piperazine rings is 2. The van der Waals surface area contributed by atoms with E-state index in [2.05, 4.69) is 150 Å². The number of fused-ring (bicyclic) bond motifs is 10. The first-order valence-corrected chi connectivity index (χ1v) is 40.6. The normalized spacial score (nSPS) is 41.3. The van der Waals surface area contributed by atoms with Crippen LogP contribution in [0.3, 0.4) is 0 Å². The second-order valence-electron chi connectivity index (χ2n) is 30.4. The lowest BCUT2D eigenvalue weighted by Crippen LogP contribution is -2.50. The molecule has 16 aliphatic rings. The van der Waals surface area contributed by atoms with Crippen LogP contribution in [-0.4, -0.2) is 326 Å². The first kappa shape index (κ1) is 68.8. The second kappa shape index (κ2) is 31.3. The van der Waals surface area contributed by atoms with E-state index in [4.69, 9.17) is 9.47 Å². The van der Waals surface area contributed by atoms with Crippen molar-refractivity contribution in [1.29, 1.82) is 0 Å². The Morgan fingerprint density at radius 1 is 0.381 bits per heavy atom. The van der Waals surface area contributed by atoms with Crippen molar-refractivity contribution in [3.8, 4) is 0 Å². The summed E-state index contributed by atoms with van der Waals surface area (Å²) in [7, 11) is 24.0. The van der Waals surface area contributed by atoms with E-state index >= 15 is 0 Å². The van der Waals surface area contributed by atoms with Crippen LogP contribution in [0.25, 0.3) is 0 Å². The molecule has 0 aromatic heterocycles. The summed E-state index contributed by atoms with van der Waals surface area (Å²) in [5.74, 6) is 24.2. The minimum atomic E-state index is 0.187. The average Bonchev–Trinajstić information content (AvgIpc) is 4.59. The lowest BCUT2D eigenvalue weighted by Gasteiger charge is -2.40. The zero-order chi connectivity index (χ0) is 59.9. The van der Waals surface area contributed by atoms with Gasteiger partial charge in [-0.3, -0.25) is 4.90 Å². The standard InChI is InChI=1S/C10H19NS2.C9H17NOS.C9H17NO.C9H17N.C8H16N2.C8H15NS.C8H15N.C7H14N2/c1-11-6-4-10(5-7-11)12(2)8-9-13(10)3;1-10-5-3-9(4-6-10)11-7-8-12(9)2;1-10-6-4-9(5-7-10)3-2-8-11-9;1-7-5-8-3-4-9(6-7)10(8)2;2*1-9-5-7-3-4-8(6-9)10(7)2;1-9-5-7-2-3-8(4-7)6-9;1-8-4-7-3-6(8)5-9(7)2/h2-9H2,1H3;2-8H2,1H3;2-8H2,1H3;7-9H,3-6H2,1-2H3;7-8H,3-6H2,1-2H3;7-8H,2-6H2,1H3;7-8H,2-6H2,1H3;6-7H,3-5H2,1-2H3. The fourth-order valence-electron chi connectivity index (χ4n) is 18.1. The van der Waals surface area contributed by atoms with Crippen LogP contribution >= 0.6 is 41.9 Å². The SMILES string of the molecule is C=S1C2CCC1CN(C)C2.C=S1CCOC12CCN(C)CC2.C=S1CCS(=C)C12CCN(C)CC2.CC1CC2CCC(C1)N2C.CN1CC2CC1CN2C.CN1CC2CCC(C1)N2C.CN1CC2CCC(C2)C1.CN1CCC2(CCCO2)CC1. The van der Waals surface area contributed by atoms with E-state index in [0.29, 0.717) is 41.1 Å². The molecule has 488 valence electrons. The highest BCUT2D eigenvalue weighted by Gasteiger charge is 2.44. The molecule has 16 heteroatoms. The molecule has 0 aromatic carbocycles. The summed E-state index contributed by atoms with van der Waals surface area (Å²) in [4.78, 5) is 24.9. The topological polar surface area (TPSA) is 50.9 Å². The summed E-state index contributed by atoms with van der Waals surface area (Å²) in [6, 6.07) is 5.36. The van der Waals surface area contributed by atoms with E-state index in [-0.39, 0.29) is 15.4 Å². The van der Waals surface area contributed by atoms with Crippen LogP contribution in [0.1, 0.15) is 135 Å². The van der Waals surface area contributed by atoms with E-state index in [1.165, 1.54) is 237 Å². The van der Waals surface area contributed by atoms with Gasteiger partial charge < -0.3 is 53.6 Å². The maximum Gasteiger partial charge on any atom is 0.111 e. The minimum absolute atomic E-state index is 0.187. The van der Waals surface area contributed by atoms with Gasteiger partial charge in [0.05, 0.1) is 16.3 Å². The Balaban J connectivity index is 0.000000115. The Morgan fingerprint density at radius 3 is 1.29 bits per heavy atom. The lowest BCUT2D eigenvalue weighted by molar-refractivity contribution is -0.0390. The summed E-state index contributed by atoms with van der Waals surface area (Å²) in [5, 5.41) is 1.90. The van der Waals surface area contributed by atoms with Crippen LogP contribution in [-0.2, 0) is 9.47 Å². The molecular formula is C68H130N10O2S4. The number of likely N-dealkylation sites (N-methyl/N-ethyl adjacent to an activating group) is 4. The zero-order valence-corrected chi connectivity index (χ0v) is 59.4. The number of hydrogen-bond donors (Lipinski definition) is 0. The Hall–Kier alpha value is 0.400. The first-order valence-electron chi connectivity index (χ1n) is 34.4. The highest BCUT2D eigenvalue weighted by molar-refractivity contribution is 8.34. The van der Waals surface area contributed by atoms with Crippen molar-refractivity contribution in [2.45, 2.75) is 197 Å². The largest absolute Gasteiger partial charge is 0.375 e. The van der Waals surface area contributed by atoms with Gasteiger partial charge in [0, 0.05) is 138 Å². The van der Waals surface area contributed by atoms with E-state index in [9.17, 15) is 0 Å². The van der Waals surface area contributed by atoms with Crippen LogP contribution in [0.4, 0.5) is 0 Å². The molecule has 0 N–H and O–H groups in total.